The summed E-state index contributed by atoms with van der Waals surface area (Å²) >= 11 is 5.92. The summed E-state index contributed by atoms with van der Waals surface area (Å²) in [6, 6.07) is 9.39. The maximum atomic E-state index is 6.08. The standard InChI is InChI=1S/C13H18ClN3/c14-9-3-1-8(2-4-9)13-11-7-10(15)5-6-12(11)16-17-13/h1-4,10-13,16-17H,5-7,15H2. The van der Waals surface area contributed by atoms with Crippen LogP contribution in [0.1, 0.15) is 30.9 Å². The highest BCUT2D eigenvalue weighted by molar-refractivity contribution is 6.30. The summed E-state index contributed by atoms with van der Waals surface area (Å²) in [6.45, 7) is 0. The number of hydrogen-bond acceptors (Lipinski definition) is 3. The molecule has 1 aromatic carbocycles. The van der Waals surface area contributed by atoms with Crippen LogP contribution < -0.4 is 16.6 Å². The maximum Gasteiger partial charge on any atom is 0.0506 e. The van der Waals surface area contributed by atoms with Gasteiger partial charge in [-0.05, 0) is 42.9 Å². The van der Waals surface area contributed by atoms with Crippen LogP contribution in [0.15, 0.2) is 24.3 Å². The zero-order chi connectivity index (χ0) is 11.8. The lowest BCUT2D eigenvalue weighted by Gasteiger charge is -2.31. The molecular formula is C13H18ClN3. The summed E-state index contributed by atoms with van der Waals surface area (Å²) < 4.78 is 0. The topological polar surface area (TPSA) is 50.1 Å². The number of nitrogens with one attached hydrogen (secondary N) is 2. The average Bonchev–Trinajstić information content (AvgIpc) is 2.73. The molecule has 92 valence electrons. The van der Waals surface area contributed by atoms with Crippen LogP contribution in [-0.2, 0) is 0 Å². The number of hydrazine groups is 1. The monoisotopic (exact) mass is 251 g/mol. The predicted octanol–water partition coefficient (Wildman–Crippen LogP) is 1.98. The molecule has 3 nitrogen and oxygen atoms in total. The molecule has 4 heteroatoms. The first-order chi connectivity index (χ1) is 8.24. The van der Waals surface area contributed by atoms with Gasteiger partial charge in [-0.3, -0.25) is 5.43 Å². The molecule has 0 radical (unpaired) electrons. The summed E-state index contributed by atoms with van der Waals surface area (Å²) in [4.78, 5) is 0. The third-order valence-electron chi connectivity index (χ3n) is 4.02. The van der Waals surface area contributed by atoms with Gasteiger partial charge in [0.1, 0.15) is 0 Å². The van der Waals surface area contributed by atoms with Crippen LogP contribution in [0.4, 0.5) is 0 Å². The van der Waals surface area contributed by atoms with E-state index in [2.05, 4.69) is 23.0 Å². The number of rotatable bonds is 1. The molecule has 1 aromatic rings. The number of nitrogens with two attached hydrogens (primary N) is 1. The molecule has 4 unspecified atom stereocenters. The van der Waals surface area contributed by atoms with Crippen LogP contribution in [0, 0.1) is 5.92 Å². The van der Waals surface area contributed by atoms with Crippen molar-refractivity contribution in [2.24, 2.45) is 11.7 Å². The first kappa shape index (κ1) is 11.5. The van der Waals surface area contributed by atoms with E-state index in [-0.39, 0.29) is 0 Å². The Labute approximate surface area is 107 Å². The van der Waals surface area contributed by atoms with Crippen LogP contribution in [0.5, 0.6) is 0 Å². The minimum Gasteiger partial charge on any atom is -0.328 e. The van der Waals surface area contributed by atoms with Crippen molar-refractivity contribution in [1.29, 1.82) is 0 Å². The second-order valence-electron chi connectivity index (χ2n) is 5.16. The molecule has 3 rings (SSSR count). The van der Waals surface area contributed by atoms with Gasteiger partial charge in [0.2, 0.25) is 0 Å². The van der Waals surface area contributed by atoms with Gasteiger partial charge in [-0.15, -0.1) is 0 Å². The molecule has 0 spiro atoms. The molecule has 0 aromatic heterocycles. The van der Waals surface area contributed by atoms with Gasteiger partial charge in [-0.1, -0.05) is 23.7 Å². The molecule has 0 amide bonds. The van der Waals surface area contributed by atoms with Crippen molar-refractivity contribution in [3.63, 3.8) is 0 Å². The summed E-state index contributed by atoms with van der Waals surface area (Å²) in [5.41, 5.74) is 14.2. The second kappa shape index (κ2) is 4.58. The molecular weight excluding hydrogens is 234 g/mol. The van der Waals surface area contributed by atoms with Gasteiger partial charge < -0.3 is 5.73 Å². The van der Waals surface area contributed by atoms with E-state index < -0.39 is 0 Å². The first-order valence-electron chi connectivity index (χ1n) is 6.26. The van der Waals surface area contributed by atoms with Crippen molar-refractivity contribution in [2.45, 2.75) is 37.4 Å². The van der Waals surface area contributed by atoms with Crippen molar-refractivity contribution in [1.82, 2.24) is 10.9 Å². The van der Waals surface area contributed by atoms with Crippen LogP contribution in [0.3, 0.4) is 0 Å². The van der Waals surface area contributed by atoms with Gasteiger partial charge in [0, 0.05) is 17.1 Å². The lowest BCUT2D eigenvalue weighted by atomic mass is 9.77. The molecule has 1 saturated carbocycles. The Balaban J connectivity index is 1.81. The lowest BCUT2D eigenvalue weighted by Crippen LogP contribution is -2.39. The summed E-state index contributed by atoms with van der Waals surface area (Å²) in [5.74, 6) is 0.597. The van der Waals surface area contributed by atoms with E-state index >= 15 is 0 Å². The number of fused-ring (bicyclic) bond motifs is 1. The third kappa shape index (κ3) is 2.20. The van der Waals surface area contributed by atoms with Crippen molar-refractivity contribution >= 4 is 11.6 Å². The zero-order valence-corrected chi connectivity index (χ0v) is 10.5. The van der Waals surface area contributed by atoms with E-state index in [1.807, 2.05) is 12.1 Å². The zero-order valence-electron chi connectivity index (χ0n) is 9.70. The fourth-order valence-corrected chi connectivity index (χ4v) is 3.22. The minimum atomic E-state index is 0.354. The van der Waals surface area contributed by atoms with Gasteiger partial charge in [-0.2, -0.15) is 0 Å². The van der Waals surface area contributed by atoms with Gasteiger partial charge in [0.05, 0.1) is 6.04 Å². The predicted molar refractivity (Wildman–Crippen MR) is 69.6 cm³/mol. The van der Waals surface area contributed by atoms with Crippen molar-refractivity contribution in [3.05, 3.63) is 34.9 Å². The van der Waals surface area contributed by atoms with Crippen LogP contribution in [-0.4, -0.2) is 12.1 Å². The Hall–Kier alpha value is -0.610. The fraction of sp³-hybridized carbons (Fsp3) is 0.538. The number of hydrogen-bond donors (Lipinski definition) is 3. The van der Waals surface area contributed by atoms with Gasteiger partial charge in [0.25, 0.3) is 0 Å². The van der Waals surface area contributed by atoms with E-state index in [0.717, 1.165) is 17.9 Å². The van der Waals surface area contributed by atoms with Crippen LogP contribution in [0.2, 0.25) is 5.02 Å². The van der Waals surface area contributed by atoms with E-state index in [9.17, 15) is 0 Å². The van der Waals surface area contributed by atoms with E-state index in [4.69, 9.17) is 17.3 Å². The van der Waals surface area contributed by atoms with Crippen LogP contribution >= 0.6 is 11.6 Å². The Morgan fingerprint density at radius 3 is 2.65 bits per heavy atom. The van der Waals surface area contributed by atoms with Crippen molar-refractivity contribution < 1.29 is 0 Å². The molecule has 2 aliphatic rings. The maximum absolute atomic E-state index is 6.08. The second-order valence-corrected chi connectivity index (χ2v) is 5.60. The fourth-order valence-electron chi connectivity index (χ4n) is 3.09. The molecule has 1 saturated heterocycles. The highest BCUT2D eigenvalue weighted by atomic mass is 35.5. The SMILES string of the molecule is NC1CCC2NNC(c3ccc(Cl)cc3)C2C1. The molecule has 0 bridgehead atoms. The molecule has 1 aliphatic heterocycles. The Bertz CT molecular complexity index is 392. The highest BCUT2D eigenvalue weighted by Crippen LogP contribution is 2.37. The summed E-state index contributed by atoms with van der Waals surface area (Å²) in [7, 11) is 0. The quantitative estimate of drug-likeness (QED) is 0.716. The molecule has 4 atom stereocenters. The van der Waals surface area contributed by atoms with E-state index in [1.54, 1.807) is 0 Å². The van der Waals surface area contributed by atoms with Crippen LogP contribution in [0.25, 0.3) is 0 Å². The summed E-state index contributed by atoms with van der Waals surface area (Å²) in [6.07, 6.45) is 3.39. The van der Waals surface area contributed by atoms with E-state index in [0.29, 0.717) is 24.0 Å². The smallest absolute Gasteiger partial charge is 0.0506 e. The normalized spacial score (nSPS) is 36.8. The molecule has 2 fully saturated rings. The molecule has 1 aliphatic carbocycles. The average molecular weight is 252 g/mol. The van der Waals surface area contributed by atoms with Gasteiger partial charge in [0.15, 0.2) is 0 Å². The largest absolute Gasteiger partial charge is 0.328 e. The Kier molecular flexibility index (Phi) is 3.09. The van der Waals surface area contributed by atoms with Crippen molar-refractivity contribution in [2.75, 3.05) is 0 Å². The highest BCUT2D eigenvalue weighted by Gasteiger charge is 2.39. The van der Waals surface area contributed by atoms with Gasteiger partial charge >= 0.3 is 0 Å². The number of benzene rings is 1. The van der Waals surface area contributed by atoms with E-state index in [1.165, 1.54) is 12.0 Å². The Morgan fingerprint density at radius 2 is 1.88 bits per heavy atom. The molecule has 4 N–H and O–H groups in total. The molecule has 17 heavy (non-hydrogen) atoms. The summed E-state index contributed by atoms with van der Waals surface area (Å²) in [5, 5.41) is 0.789. The molecule has 1 heterocycles. The Morgan fingerprint density at radius 1 is 1.12 bits per heavy atom. The lowest BCUT2D eigenvalue weighted by molar-refractivity contribution is 0.279. The number of halogens is 1. The first-order valence-corrected chi connectivity index (χ1v) is 6.64. The van der Waals surface area contributed by atoms with Crippen molar-refractivity contribution in [3.8, 4) is 0 Å². The minimum absolute atomic E-state index is 0.354. The third-order valence-corrected chi connectivity index (χ3v) is 4.27. The van der Waals surface area contributed by atoms with Gasteiger partial charge in [-0.25, -0.2) is 5.43 Å².